The number of nitrogens with zero attached hydrogens (tertiary/aromatic N) is 1. The summed E-state index contributed by atoms with van der Waals surface area (Å²) in [5.74, 6) is 0.482. The molecule has 0 spiro atoms. The largest absolute Gasteiger partial charge is 0.468 e. The molecule has 1 saturated carbocycles. The number of halogens is 1. The van der Waals surface area contributed by atoms with Crippen molar-refractivity contribution in [2.45, 2.75) is 56.2 Å². The van der Waals surface area contributed by atoms with Gasteiger partial charge in [0.2, 0.25) is 11.7 Å². The van der Waals surface area contributed by atoms with Gasteiger partial charge in [-0.2, -0.15) is 0 Å². The molecule has 5 nitrogen and oxygen atoms in total. The van der Waals surface area contributed by atoms with Gasteiger partial charge in [-0.3, -0.25) is 4.79 Å². The number of carbonyl (C=O) groups is 1. The summed E-state index contributed by atoms with van der Waals surface area (Å²) in [6.45, 7) is 0.644. The molecule has 0 aromatic heterocycles. The fraction of sp³-hybridized carbons (Fsp3) is 0.556. The lowest BCUT2D eigenvalue weighted by atomic mass is 9.73. The van der Waals surface area contributed by atoms with E-state index in [0.29, 0.717) is 30.3 Å². The van der Waals surface area contributed by atoms with Crippen molar-refractivity contribution in [2.75, 3.05) is 6.54 Å². The van der Waals surface area contributed by atoms with Gasteiger partial charge < -0.3 is 16.2 Å². The fourth-order valence-corrected chi connectivity index (χ4v) is 3.87. The monoisotopic (exact) mass is 349 g/mol. The van der Waals surface area contributed by atoms with E-state index in [1.165, 1.54) is 0 Å². The Kier molecular flexibility index (Phi) is 5.23. The fourth-order valence-electron chi connectivity index (χ4n) is 3.57. The number of fused-ring (bicyclic) bond motifs is 2. The number of ketones is 1. The van der Waals surface area contributed by atoms with E-state index in [-0.39, 0.29) is 11.8 Å². The number of hydrogen-bond acceptors (Lipinski definition) is 5. The standard InChI is InChI=1S/C18H24ClN3O2/c19-13-7-2-1-6-12(13)18-10-5-9-15(16(18)23)24-17(22-18)14(21)8-3-4-11-20/h1-2,6-7,14-15H,3-5,8-11,20-21H2/t14-,15?,18?/m0/s1. The summed E-state index contributed by atoms with van der Waals surface area (Å²) in [4.78, 5) is 17.7. The van der Waals surface area contributed by atoms with Gasteiger partial charge in [-0.25, -0.2) is 4.99 Å². The summed E-state index contributed by atoms with van der Waals surface area (Å²) < 4.78 is 5.85. The summed E-state index contributed by atoms with van der Waals surface area (Å²) in [5, 5.41) is 0.563. The summed E-state index contributed by atoms with van der Waals surface area (Å²) in [5.41, 5.74) is 11.6. The van der Waals surface area contributed by atoms with Crippen LogP contribution in [0.15, 0.2) is 29.3 Å². The molecule has 3 rings (SSSR count). The zero-order valence-corrected chi connectivity index (χ0v) is 14.5. The molecule has 2 bridgehead atoms. The summed E-state index contributed by atoms with van der Waals surface area (Å²) in [6, 6.07) is 7.12. The van der Waals surface area contributed by atoms with Crippen LogP contribution >= 0.6 is 11.6 Å². The Morgan fingerprint density at radius 2 is 2.17 bits per heavy atom. The van der Waals surface area contributed by atoms with Crippen molar-refractivity contribution >= 4 is 23.3 Å². The molecule has 24 heavy (non-hydrogen) atoms. The second-order valence-corrected chi connectivity index (χ2v) is 6.95. The minimum atomic E-state index is -0.944. The van der Waals surface area contributed by atoms with Gasteiger partial charge >= 0.3 is 0 Å². The molecule has 6 heteroatoms. The maximum Gasteiger partial charge on any atom is 0.205 e. The number of carbonyl (C=O) groups excluding carboxylic acids is 1. The molecule has 2 unspecified atom stereocenters. The van der Waals surface area contributed by atoms with Crippen LogP contribution in [0.4, 0.5) is 0 Å². The summed E-state index contributed by atoms with van der Waals surface area (Å²) in [6.07, 6.45) is 4.34. The minimum absolute atomic E-state index is 0.000224. The van der Waals surface area contributed by atoms with Crippen LogP contribution < -0.4 is 11.5 Å². The van der Waals surface area contributed by atoms with Crippen molar-refractivity contribution in [2.24, 2.45) is 16.5 Å². The average Bonchev–Trinajstić information content (AvgIpc) is 2.55. The Morgan fingerprint density at radius 3 is 2.92 bits per heavy atom. The first-order chi connectivity index (χ1) is 11.6. The zero-order chi connectivity index (χ0) is 17.2. The van der Waals surface area contributed by atoms with E-state index in [1.807, 2.05) is 18.2 Å². The summed E-state index contributed by atoms with van der Waals surface area (Å²) >= 11 is 6.39. The maximum absolute atomic E-state index is 13.0. The quantitative estimate of drug-likeness (QED) is 0.772. The normalized spacial score (nSPS) is 27.4. The van der Waals surface area contributed by atoms with E-state index in [0.717, 1.165) is 31.2 Å². The molecule has 1 fully saturated rings. The predicted octanol–water partition coefficient (Wildman–Crippen LogP) is 2.54. The van der Waals surface area contributed by atoms with Crippen molar-refractivity contribution in [3.05, 3.63) is 34.9 Å². The number of unbranched alkanes of at least 4 members (excludes halogenated alkanes) is 1. The van der Waals surface area contributed by atoms with Crippen LogP contribution in [0.5, 0.6) is 0 Å². The molecule has 2 aliphatic rings. The van der Waals surface area contributed by atoms with Gasteiger partial charge in [-0.15, -0.1) is 0 Å². The highest BCUT2D eigenvalue weighted by Gasteiger charge is 2.52. The number of aliphatic imine (C=N–C) groups is 1. The van der Waals surface area contributed by atoms with Crippen LogP contribution in [-0.4, -0.2) is 30.4 Å². The van der Waals surface area contributed by atoms with Gasteiger partial charge in [0, 0.05) is 10.6 Å². The molecular formula is C18H24ClN3O2. The van der Waals surface area contributed by atoms with Crippen LogP contribution in [0.2, 0.25) is 5.02 Å². The molecule has 0 radical (unpaired) electrons. The Balaban J connectivity index is 1.97. The predicted molar refractivity (Wildman–Crippen MR) is 95.2 cm³/mol. The number of Topliss-reactive ketones (excluding diaryl/α,β-unsaturated/α-hetero) is 1. The number of nitrogens with two attached hydrogens (primary N) is 2. The SMILES string of the molecule is NCCCC[C@H](N)C1=NC2(c3ccccc3Cl)CCCC(O1)C2=O. The van der Waals surface area contributed by atoms with E-state index < -0.39 is 11.6 Å². The van der Waals surface area contributed by atoms with Gasteiger partial charge in [0.05, 0.1) is 6.04 Å². The summed E-state index contributed by atoms with van der Waals surface area (Å²) in [7, 11) is 0. The Morgan fingerprint density at radius 1 is 1.38 bits per heavy atom. The van der Waals surface area contributed by atoms with Crippen LogP contribution in [-0.2, 0) is 15.1 Å². The smallest absolute Gasteiger partial charge is 0.205 e. The molecule has 1 heterocycles. The number of hydrogen-bond donors (Lipinski definition) is 2. The molecule has 4 N–H and O–H groups in total. The van der Waals surface area contributed by atoms with Crippen molar-refractivity contribution in [1.29, 1.82) is 0 Å². The maximum atomic E-state index is 13.0. The molecular weight excluding hydrogens is 326 g/mol. The van der Waals surface area contributed by atoms with E-state index in [4.69, 9.17) is 32.8 Å². The first-order valence-electron chi connectivity index (χ1n) is 8.60. The topological polar surface area (TPSA) is 90.7 Å². The molecule has 1 aromatic rings. The molecule has 3 atom stereocenters. The molecule has 1 aromatic carbocycles. The van der Waals surface area contributed by atoms with Crippen molar-refractivity contribution in [3.8, 4) is 0 Å². The third kappa shape index (κ3) is 3.08. The number of benzene rings is 1. The van der Waals surface area contributed by atoms with Gasteiger partial charge in [0.15, 0.2) is 11.6 Å². The van der Waals surface area contributed by atoms with Gasteiger partial charge in [-0.05, 0) is 44.7 Å². The van der Waals surface area contributed by atoms with E-state index in [1.54, 1.807) is 6.07 Å². The Hall–Kier alpha value is -1.43. The lowest BCUT2D eigenvalue weighted by molar-refractivity contribution is -0.137. The first-order valence-corrected chi connectivity index (χ1v) is 8.97. The Labute approximate surface area is 147 Å². The molecule has 1 aliphatic carbocycles. The highest BCUT2D eigenvalue weighted by Crippen LogP contribution is 2.44. The van der Waals surface area contributed by atoms with Crippen LogP contribution in [0.1, 0.15) is 44.1 Å². The lowest BCUT2D eigenvalue weighted by Gasteiger charge is -2.42. The molecule has 1 aliphatic heterocycles. The minimum Gasteiger partial charge on any atom is -0.468 e. The van der Waals surface area contributed by atoms with Crippen LogP contribution in [0.3, 0.4) is 0 Å². The van der Waals surface area contributed by atoms with Gasteiger partial charge in [0.1, 0.15) is 0 Å². The highest BCUT2D eigenvalue weighted by molar-refractivity contribution is 6.32. The third-order valence-corrected chi connectivity index (χ3v) is 5.20. The first kappa shape index (κ1) is 17.4. The zero-order valence-electron chi connectivity index (χ0n) is 13.7. The average molecular weight is 350 g/mol. The second kappa shape index (κ2) is 7.21. The number of rotatable bonds is 6. The van der Waals surface area contributed by atoms with E-state index in [9.17, 15) is 4.79 Å². The van der Waals surface area contributed by atoms with Crippen molar-refractivity contribution < 1.29 is 9.53 Å². The number of ether oxygens (including phenoxy) is 1. The highest BCUT2D eigenvalue weighted by atomic mass is 35.5. The third-order valence-electron chi connectivity index (χ3n) is 4.87. The molecule has 130 valence electrons. The van der Waals surface area contributed by atoms with Crippen LogP contribution in [0, 0.1) is 0 Å². The lowest BCUT2D eigenvalue weighted by Crippen LogP contribution is -2.54. The van der Waals surface area contributed by atoms with E-state index >= 15 is 0 Å². The molecule has 0 saturated heterocycles. The Bertz CT molecular complexity index is 649. The van der Waals surface area contributed by atoms with Crippen LogP contribution in [0.25, 0.3) is 0 Å². The molecule has 0 amide bonds. The van der Waals surface area contributed by atoms with E-state index in [2.05, 4.69) is 0 Å². The van der Waals surface area contributed by atoms with Crippen molar-refractivity contribution in [1.82, 2.24) is 0 Å². The second-order valence-electron chi connectivity index (χ2n) is 6.54. The van der Waals surface area contributed by atoms with Gasteiger partial charge in [-0.1, -0.05) is 36.2 Å². The van der Waals surface area contributed by atoms with Crippen molar-refractivity contribution in [3.63, 3.8) is 0 Å². The van der Waals surface area contributed by atoms with Gasteiger partial charge in [0.25, 0.3) is 0 Å².